The summed E-state index contributed by atoms with van der Waals surface area (Å²) in [5.74, 6) is 0.672. The lowest BCUT2D eigenvalue weighted by Crippen LogP contribution is -2.11. The molecule has 1 aliphatic rings. The Bertz CT molecular complexity index is 422. The van der Waals surface area contributed by atoms with Gasteiger partial charge < -0.3 is 5.73 Å². The number of hydrogen-bond acceptors (Lipinski definition) is 3. The summed E-state index contributed by atoms with van der Waals surface area (Å²) < 4.78 is 0. The zero-order chi connectivity index (χ0) is 11.7. The highest BCUT2D eigenvalue weighted by molar-refractivity contribution is 6.31. The largest absolute Gasteiger partial charge is 0.324 e. The topological polar surface area (TPSA) is 69.2 Å². The third-order valence-corrected chi connectivity index (χ3v) is 3.22. The van der Waals surface area contributed by atoms with Crippen molar-refractivity contribution >= 4 is 29.7 Å². The second-order valence-electron chi connectivity index (χ2n) is 4.25. The molecule has 6 heteroatoms. The van der Waals surface area contributed by atoms with Crippen LogP contribution in [0.3, 0.4) is 0 Å². The van der Waals surface area contributed by atoms with E-state index < -0.39 is 4.92 Å². The molecule has 1 fully saturated rings. The van der Waals surface area contributed by atoms with Gasteiger partial charge in [0.25, 0.3) is 5.69 Å². The van der Waals surface area contributed by atoms with E-state index in [1.807, 2.05) is 0 Å². The van der Waals surface area contributed by atoms with Crippen LogP contribution in [0.1, 0.15) is 30.9 Å². The van der Waals surface area contributed by atoms with Crippen molar-refractivity contribution in [1.29, 1.82) is 0 Å². The van der Waals surface area contributed by atoms with Crippen molar-refractivity contribution in [1.82, 2.24) is 0 Å². The Hall–Kier alpha value is -0.840. The summed E-state index contributed by atoms with van der Waals surface area (Å²) >= 11 is 6.00. The van der Waals surface area contributed by atoms with E-state index in [4.69, 9.17) is 17.3 Å². The van der Waals surface area contributed by atoms with Gasteiger partial charge in [0.05, 0.1) is 4.92 Å². The SMILES string of the molecule is Cl.N[C@H](CC1CC1)c1cc([N+](=O)[O-])ccc1Cl. The molecule has 1 atom stereocenters. The van der Waals surface area contributed by atoms with Crippen LogP contribution in [0.4, 0.5) is 5.69 Å². The zero-order valence-corrected chi connectivity index (χ0v) is 10.7. The number of nitro benzene ring substituents is 1. The first-order valence-electron chi connectivity index (χ1n) is 5.27. The summed E-state index contributed by atoms with van der Waals surface area (Å²) in [7, 11) is 0. The lowest BCUT2D eigenvalue weighted by atomic mass is 10.0. The molecule has 1 saturated carbocycles. The molecule has 94 valence electrons. The summed E-state index contributed by atoms with van der Waals surface area (Å²) in [6, 6.07) is 4.23. The van der Waals surface area contributed by atoms with Gasteiger partial charge in [-0.2, -0.15) is 0 Å². The van der Waals surface area contributed by atoms with Gasteiger partial charge in [-0.3, -0.25) is 10.1 Å². The fraction of sp³-hybridized carbons (Fsp3) is 0.455. The molecule has 2 N–H and O–H groups in total. The molecule has 2 rings (SSSR count). The first-order chi connectivity index (χ1) is 7.58. The highest BCUT2D eigenvalue weighted by Gasteiger charge is 2.26. The molecule has 0 heterocycles. The Morgan fingerprint density at radius 2 is 2.18 bits per heavy atom. The first kappa shape index (κ1) is 14.2. The molecular formula is C11H14Cl2N2O2. The fourth-order valence-electron chi connectivity index (χ4n) is 1.77. The third kappa shape index (κ3) is 3.56. The molecule has 1 aliphatic carbocycles. The van der Waals surface area contributed by atoms with Gasteiger partial charge >= 0.3 is 0 Å². The number of hydrogen-bond donors (Lipinski definition) is 1. The molecule has 1 aromatic carbocycles. The van der Waals surface area contributed by atoms with E-state index in [1.165, 1.54) is 25.0 Å². The van der Waals surface area contributed by atoms with Gasteiger partial charge in [0, 0.05) is 23.2 Å². The smallest absolute Gasteiger partial charge is 0.269 e. The molecule has 0 aliphatic heterocycles. The molecule has 0 unspecified atom stereocenters. The highest BCUT2D eigenvalue weighted by atomic mass is 35.5. The molecule has 0 amide bonds. The summed E-state index contributed by atoms with van der Waals surface area (Å²) in [6.07, 6.45) is 3.28. The molecule has 0 saturated heterocycles. The number of nitro groups is 1. The van der Waals surface area contributed by atoms with E-state index in [2.05, 4.69) is 0 Å². The van der Waals surface area contributed by atoms with Crippen molar-refractivity contribution in [2.75, 3.05) is 0 Å². The van der Waals surface area contributed by atoms with Crippen molar-refractivity contribution in [2.24, 2.45) is 11.7 Å². The lowest BCUT2D eigenvalue weighted by Gasteiger charge is -2.12. The highest BCUT2D eigenvalue weighted by Crippen LogP contribution is 2.38. The average molecular weight is 277 g/mol. The maximum Gasteiger partial charge on any atom is 0.269 e. The maximum atomic E-state index is 10.6. The second-order valence-corrected chi connectivity index (χ2v) is 4.66. The van der Waals surface area contributed by atoms with Crippen LogP contribution in [0.5, 0.6) is 0 Å². The van der Waals surface area contributed by atoms with Gasteiger partial charge in [-0.1, -0.05) is 24.4 Å². The monoisotopic (exact) mass is 276 g/mol. The van der Waals surface area contributed by atoms with Crippen molar-refractivity contribution in [3.05, 3.63) is 38.9 Å². The normalized spacial score (nSPS) is 16.1. The number of nitrogens with two attached hydrogens (primary N) is 1. The van der Waals surface area contributed by atoms with Crippen LogP contribution in [0.15, 0.2) is 18.2 Å². The number of rotatable bonds is 4. The van der Waals surface area contributed by atoms with Gasteiger partial charge in [-0.25, -0.2) is 0 Å². The van der Waals surface area contributed by atoms with Gasteiger partial charge in [-0.15, -0.1) is 12.4 Å². The number of nitrogens with zero attached hydrogens (tertiary/aromatic N) is 1. The van der Waals surface area contributed by atoms with Crippen LogP contribution in [-0.2, 0) is 0 Å². The summed E-state index contributed by atoms with van der Waals surface area (Å²) in [5.41, 5.74) is 6.73. The quantitative estimate of drug-likeness (QED) is 0.676. The standard InChI is InChI=1S/C11H13ClN2O2.ClH/c12-10-4-3-8(14(15)16)6-9(10)11(13)5-7-1-2-7;/h3-4,6-7,11H,1-2,5,13H2;1H/t11-;/m1./s1. The van der Waals surface area contributed by atoms with Gasteiger partial charge in [0.2, 0.25) is 0 Å². The summed E-state index contributed by atoms with van der Waals surface area (Å²) in [4.78, 5) is 10.2. The van der Waals surface area contributed by atoms with Gasteiger partial charge in [0.1, 0.15) is 0 Å². The molecule has 0 radical (unpaired) electrons. The first-order valence-corrected chi connectivity index (χ1v) is 5.65. The minimum absolute atomic E-state index is 0. The van der Waals surface area contributed by atoms with Crippen LogP contribution < -0.4 is 5.73 Å². The minimum atomic E-state index is -0.427. The summed E-state index contributed by atoms with van der Waals surface area (Å²) in [5, 5.41) is 11.2. The van der Waals surface area contributed by atoms with Crippen LogP contribution in [-0.4, -0.2) is 4.92 Å². The molecule has 0 spiro atoms. The Morgan fingerprint density at radius 1 is 1.53 bits per heavy atom. The zero-order valence-electron chi connectivity index (χ0n) is 9.14. The van der Waals surface area contributed by atoms with Gasteiger partial charge in [-0.05, 0) is 24.0 Å². The van der Waals surface area contributed by atoms with Crippen LogP contribution in [0, 0.1) is 16.0 Å². The van der Waals surface area contributed by atoms with Crippen LogP contribution >= 0.6 is 24.0 Å². The van der Waals surface area contributed by atoms with E-state index in [0.717, 1.165) is 6.42 Å². The van der Waals surface area contributed by atoms with Gasteiger partial charge in [0.15, 0.2) is 0 Å². The van der Waals surface area contributed by atoms with E-state index >= 15 is 0 Å². The van der Waals surface area contributed by atoms with E-state index in [0.29, 0.717) is 16.5 Å². The molecule has 17 heavy (non-hydrogen) atoms. The Balaban J connectivity index is 0.00000144. The van der Waals surface area contributed by atoms with Crippen molar-refractivity contribution in [3.8, 4) is 0 Å². The molecule has 1 aromatic rings. The second kappa shape index (κ2) is 5.67. The van der Waals surface area contributed by atoms with Crippen molar-refractivity contribution in [2.45, 2.75) is 25.3 Å². The number of non-ortho nitro benzene ring substituents is 1. The molecule has 0 bridgehead atoms. The van der Waals surface area contributed by atoms with E-state index in [-0.39, 0.29) is 24.1 Å². The maximum absolute atomic E-state index is 10.6. The Morgan fingerprint density at radius 3 is 2.71 bits per heavy atom. The van der Waals surface area contributed by atoms with Crippen LogP contribution in [0.25, 0.3) is 0 Å². The Kier molecular flexibility index (Phi) is 4.74. The average Bonchev–Trinajstić information content (AvgIpc) is 3.01. The minimum Gasteiger partial charge on any atom is -0.324 e. The predicted octanol–water partition coefficient (Wildman–Crippen LogP) is 3.47. The van der Waals surface area contributed by atoms with E-state index in [1.54, 1.807) is 6.07 Å². The van der Waals surface area contributed by atoms with E-state index in [9.17, 15) is 10.1 Å². The lowest BCUT2D eigenvalue weighted by molar-refractivity contribution is -0.384. The fourth-order valence-corrected chi connectivity index (χ4v) is 2.03. The van der Waals surface area contributed by atoms with Crippen molar-refractivity contribution in [3.63, 3.8) is 0 Å². The molecule has 4 nitrogen and oxygen atoms in total. The molecule has 0 aromatic heterocycles. The molecular weight excluding hydrogens is 263 g/mol. The summed E-state index contributed by atoms with van der Waals surface area (Å²) in [6.45, 7) is 0. The number of benzene rings is 1. The Labute approximate surface area is 111 Å². The number of halogens is 2. The third-order valence-electron chi connectivity index (χ3n) is 2.87. The predicted molar refractivity (Wildman–Crippen MR) is 69.6 cm³/mol. The van der Waals surface area contributed by atoms with Crippen molar-refractivity contribution < 1.29 is 4.92 Å². The van der Waals surface area contributed by atoms with Crippen LogP contribution in [0.2, 0.25) is 5.02 Å².